The smallest absolute Gasteiger partial charge is 0.163 e. The van der Waals surface area contributed by atoms with Crippen LogP contribution in [0.4, 0.5) is 0 Å². The van der Waals surface area contributed by atoms with Crippen molar-refractivity contribution in [1.82, 2.24) is 0 Å². The SMILES string of the molecule is COc1ccc(C(=O)CCc2ccsc2)cc1C. The Morgan fingerprint density at radius 2 is 2.17 bits per heavy atom. The van der Waals surface area contributed by atoms with Gasteiger partial charge in [-0.3, -0.25) is 4.79 Å². The summed E-state index contributed by atoms with van der Waals surface area (Å²) in [7, 11) is 1.64. The number of carbonyl (C=O) groups excluding carboxylic acids is 1. The van der Waals surface area contributed by atoms with E-state index in [0.29, 0.717) is 6.42 Å². The highest BCUT2D eigenvalue weighted by Gasteiger charge is 2.08. The number of ketones is 1. The van der Waals surface area contributed by atoms with E-state index in [2.05, 4.69) is 11.4 Å². The molecule has 0 atom stereocenters. The van der Waals surface area contributed by atoms with Crippen molar-refractivity contribution in [3.63, 3.8) is 0 Å². The third-order valence-corrected chi connectivity index (χ3v) is 3.67. The largest absolute Gasteiger partial charge is 0.496 e. The number of benzene rings is 1. The molecule has 2 rings (SSSR count). The average molecular weight is 260 g/mol. The van der Waals surface area contributed by atoms with Gasteiger partial charge in [-0.2, -0.15) is 11.3 Å². The summed E-state index contributed by atoms with van der Waals surface area (Å²) in [5.41, 5.74) is 3.00. The molecule has 0 amide bonds. The van der Waals surface area contributed by atoms with Crippen molar-refractivity contribution in [2.75, 3.05) is 7.11 Å². The highest BCUT2D eigenvalue weighted by Crippen LogP contribution is 2.20. The standard InChI is InChI=1S/C15H16O2S/c1-11-9-13(4-6-15(11)17-2)14(16)5-3-12-7-8-18-10-12/h4,6-10H,3,5H2,1-2H3. The van der Waals surface area contributed by atoms with Gasteiger partial charge in [-0.1, -0.05) is 0 Å². The van der Waals surface area contributed by atoms with Crippen LogP contribution in [0.15, 0.2) is 35.0 Å². The zero-order valence-electron chi connectivity index (χ0n) is 10.6. The van der Waals surface area contributed by atoms with E-state index in [-0.39, 0.29) is 5.78 Å². The predicted molar refractivity (Wildman–Crippen MR) is 74.7 cm³/mol. The molecule has 0 aliphatic rings. The fourth-order valence-corrected chi connectivity index (χ4v) is 2.59. The number of aryl methyl sites for hydroxylation is 2. The quantitative estimate of drug-likeness (QED) is 0.763. The molecule has 0 aliphatic carbocycles. The van der Waals surface area contributed by atoms with Gasteiger partial charge in [0.2, 0.25) is 0 Å². The van der Waals surface area contributed by atoms with Gasteiger partial charge in [0.05, 0.1) is 7.11 Å². The maximum atomic E-state index is 12.1. The molecule has 2 aromatic rings. The second-order valence-corrected chi connectivity index (χ2v) is 5.02. The molecule has 0 bridgehead atoms. The average Bonchev–Trinajstić information content (AvgIpc) is 2.89. The molecule has 0 spiro atoms. The summed E-state index contributed by atoms with van der Waals surface area (Å²) < 4.78 is 5.19. The number of hydrogen-bond donors (Lipinski definition) is 0. The van der Waals surface area contributed by atoms with Crippen LogP contribution < -0.4 is 4.74 Å². The first-order valence-electron chi connectivity index (χ1n) is 5.89. The summed E-state index contributed by atoms with van der Waals surface area (Å²) in [4.78, 5) is 12.1. The Kier molecular flexibility index (Phi) is 4.15. The van der Waals surface area contributed by atoms with Gasteiger partial charge in [-0.25, -0.2) is 0 Å². The highest BCUT2D eigenvalue weighted by atomic mass is 32.1. The fraction of sp³-hybridized carbons (Fsp3) is 0.267. The number of ether oxygens (including phenoxy) is 1. The molecule has 2 nitrogen and oxygen atoms in total. The van der Waals surface area contributed by atoms with Crippen LogP contribution in [-0.2, 0) is 6.42 Å². The molecule has 0 aliphatic heterocycles. The third kappa shape index (κ3) is 2.99. The first kappa shape index (κ1) is 12.8. The van der Waals surface area contributed by atoms with Crippen LogP contribution in [0, 0.1) is 6.92 Å². The van der Waals surface area contributed by atoms with Gasteiger partial charge in [-0.05, 0) is 59.5 Å². The molecule has 0 fully saturated rings. The number of methoxy groups -OCH3 is 1. The van der Waals surface area contributed by atoms with Gasteiger partial charge >= 0.3 is 0 Å². The lowest BCUT2D eigenvalue weighted by Gasteiger charge is -2.06. The van der Waals surface area contributed by atoms with Crippen molar-refractivity contribution >= 4 is 17.1 Å². The summed E-state index contributed by atoms with van der Waals surface area (Å²) in [6, 6.07) is 7.65. The lowest BCUT2D eigenvalue weighted by atomic mass is 10.0. The normalized spacial score (nSPS) is 10.3. The first-order valence-corrected chi connectivity index (χ1v) is 6.84. The Bertz CT molecular complexity index is 529. The van der Waals surface area contributed by atoms with Crippen LogP contribution in [0.1, 0.15) is 27.9 Å². The molecule has 1 aromatic carbocycles. The second kappa shape index (κ2) is 5.83. The summed E-state index contributed by atoms with van der Waals surface area (Å²) >= 11 is 1.67. The van der Waals surface area contributed by atoms with Crippen LogP contribution in [0.2, 0.25) is 0 Å². The Labute approximate surface area is 111 Å². The lowest BCUT2D eigenvalue weighted by molar-refractivity contribution is 0.0982. The molecule has 0 saturated carbocycles. The minimum absolute atomic E-state index is 0.187. The van der Waals surface area contributed by atoms with E-state index in [4.69, 9.17) is 4.74 Å². The Morgan fingerprint density at radius 3 is 2.78 bits per heavy atom. The lowest BCUT2D eigenvalue weighted by Crippen LogP contribution is -2.01. The molecule has 1 aromatic heterocycles. The van der Waals surface area contributed by atoms with E-state index >= 15 is 0 Å². The second-order valence-electron chi connectivity index (χ2n) is 4.24. The molecular formula is C15H16O2S. The molecule has 1 heterocycles. The number of carbonyl (C=O) groups is 1. The van der Waals surface area contributed by atoms with Gasteiger partial charge in [0, 0.05) is 12.0 Å². The number of thiophene rings is 1. The van der Waals surface area contributed by atoms with Gasteiger partial charge in [0.25, 0.3) is 0 Å². The fourth-order valence-electron chi connectivity index (χ4n) is 1.89. The molecule has 0 unspecified atom stereocenters. The van der Waals surface area contributed by atoms with Crippen LogP contribution in [-0.4, -0.2) is 12.9 Å². The molecular weight excluding hydrogens is 244 g/mol. The molecule has 0 saturated heterocycles. The molecule has 0 radical (unpaired) electrons. The minimum atomic E-state index is 0.187. The van der Waals surface area contributed by atoms with Gasteiger partial charge in [0.15, 0.2) is 5.78 Å². The van der Waals surface area contributed by atoms with Crippen LogP contribution in [0.3, 0.4) is 0 Å². The minimum Gasteiger partial charge on any atom is -0.496 e. The van der Waals surface area contributed by atoms with Gasteiger partial charge < -0.3 is 4.74 Å². The zero-order chi connectivity index (χ0) is 13.0. The Hall–Kier alpha value is -1.61. The summed E-state index contributed by atoms with van der Waals surface area (Å²) in [6.07, 6.45) is 1.37. The predicted octanol–water partition coefficient (Wildman–Crippen LogP) is 3.88. The van der Waals surface area contributed by atoms with Gasteiger partial charge in [0.1, 0.15) is 5.75 Å². The molecule has 0 N–H and O–H groups in total. The van der Waals surface area contributed by atoms with Crippen molar-refractivity contribution in [1.29, 1.82) is 0 Å². The zero-order valence-corrected chi connectivity index (χ0v) is 11.4. The first-order chi connectivity index (χ1) is 8.70. The van der Waals surface area contributed by atoms with E-state index in [1.807, 2.05) is 30.5 Å². The van der Waals surface area contributed by atoms with Gasteiger partial charge in [-0.15, -0.1) is 0 Å². The number of hydrogen-bond acceptors (Lipinski definition) is 3. The van der Waals surface area contributed by atoms with Crippen molar-refractivity contribution < 1.29 is 9.53 Å². The van der Waals surface area contributed by atoms with Crippen molar-refractivity contribution in [2.45, 2.75) is 19.8 Å². The van der Waals surface area contributed by atoms with Crippen molar-refractivity contribution in [3.05, 3.63) is 51.7 Å². The summed E-state index contributed by atoms with van der Waals surface area (Å²) in [5.74, 6) is 1.01. The van der Waals surface area contributed by atoms with E-state index < -0.39 is 0 Å². The van der Waals surface area contributed by atoms with Crippen molar-refractivity contribution in [2.24, 2.45) is 0 Å². The maximum Gasteiger partial charge on any atom is 0.163 e. The molecule has 3 heteroatoms. The van der Waals surface area contributed by atoms with Crippen LogP contribution >= 0.6 is 11.3 Å². The molecule has 18 heavy (non-hydrogen) atoms. The van der Waals surface area contributed by atoms with Crippen molar-refractivity contribution in [3.8, 4) is 5.75 Å². The van der Waals surface area contributed by atoms with Crippen LogP contribution in [0.25, 0.3) is 0 Å². The third-order valence-electron chi connectivity index (χ3n) is 2.94. The van der Waals surface area contributed by atoms with E-state index in [1.165, 1.54) is 5.56 Å². The summed E-state index contributed by atoms with van der Waals surface area (Å²) in [6.45, 7) is 1.95. The Morgan fingerprint density at radius 1 is 1.33 bits per heavy atom. The topological polar surface area (TPSA) is 26.3 Å². The highest BCUT2D eigenvalue weighted by molar-refractivity contribution is 7.07. The van der Waals surface area contributed by atoms with E-state index in [0.717, 1.165) is 23.3 Å². The number of Topliss-reactive ketones (excluding diaryl/α,β-unsaturated/α-hetero) is 1. The molecule has 94 valence electrons. The monoisotopic (exact) mass is 260 g/mol. The van der Waals surface area contributed by atoms with E-state index in [1.54, 1.807) is 18.4 Å². The maximum absolute atomic E-state index is 12.1. The summed E-state index contributed by atoms with van der Waals surface area (Å²) in [5, 5.41) is 4.13. The van der Waals surface area contributed by atoms with E-state index in [9.17, 15) is 4.79 Å². The number of rotatable bonds is 5. The Balaban J connectivity index is 2.02. The van der Waals surface area contributed by atoms with Crippen LogP contribution in [0.5, 0.6) is 5.75 Å².